The fourth-order valence-corrected chi connectivity index (χ4v) is 4.18. The van der Waals surface area contributed by atoms with Gasteiger partial charge in [-0.05, 0) is 31.0 Å². The van der Waals surface area contributed by atoms with E-state index in [0.717, 1.165) is 63.6 Å². The van der Waals surface area contributed by atoms with Gasteiger partial charge in [-0.1, -0.05) is 6.07 Å². The average molecular weight is 387 g/mol. The fourth-order valence-electron chi connectivity index (χ4n) is 4.18. The van der Waals surface area contributed by atoms with Gasteiger partial charge in [0.1, 0.15) is 0 Å². The van der Waals surface area contributed by atoms with Crippen molar-refractivity contribution < 1.29 is 14.3 Å². The molecule has 3 saturated heterocycles. The molecule has 8 heteroatoms. The second kappa shape index (κ2) is 8.36. The van der Waals surface area contributed by atoms with E-state index in [9.17, 15) is 9.59 Å². The molecule has 8 nitrogen and oxygen atoms in total. The topological polar surface area (TPSA) is 68.4 Å². The predicted molar refractivity (Wildman–Crippen MR) is 108 cm³/mol. The summed E-state index contributed by atoms with van der Waals surface area (Å²) in [6.07, 6.45) is 2.17. The Labute approximate surface area is 166 Å². The van der Waals surface area contributed by atoms with Crippen molar-refractivity contribution in [2.24, 2.45) is 0 Å². The molecule has 0 atom stereocenters. The maximum absolute atomic E-state index is 12.7. The summed E-state index contributed by atoms with van der Waals surface area (Å²) in [7, 11) is 1.80. The summed E-state index contributed by atoms with van der Waals surface area (Å²) in [6, 6.07) is 8.02. The lowest BCUT2D eigenvalue weighted by atomic mass is 10.1. The zero-order chi connectivity index (χ0) is 19.5. The van der Waals surface area contributed by atoms with E-state index in [1.807, 2.05) is 29.2 Å². The number of nitrogens with one attached hydrogen (secondary N) is 1. The zero-order valence-corrected chi connectivity index (χ0v) is 16.5. The molecule has 0 bridgehead atoms. The number of urea groups is 2. The Balaban J connectivity index is 1.32. The maximum Gasteiger partial charge on any atom is 0.324 e. The van der Waals surface area contributed by atoms with E-state index in [1.165, 1.54) is 0 Å². The van der Waals surface area contributed by atoms with Crippen molar-refractivity contribution in [1.29, 1.82) is 0 Å². The van der Waals surface area contributed by atoms with Crippen LogP contribution in [0.1, 0.15) is 12.8 Å². The lowest BCUT2D eigenvalue weighted by Gasteiger charge is -2.40. The molecular weight excluding hydrogens is 358 g/mol. The highest BCUT2D eigenvalue weighted by Crippen LogP contribution is 2.23. The van der Waals surface area contributed by atoms with Crippen LogP contribution in [0.4, 0.5) is 21.0 Å². The minimum absolute atomic E-state index is 0.00675. The molecule has 1 N–H and O–H groups in total. The first kappa shape index (κ1) is 19.0. The molecule has 0 aliphatic carbocycles. The number of carbonyl (C=O) groups excluding carboxylic acids is 2. The smallest absolute Gasteiger partial charge is 0.324 e. The highest BCUT2D eigenvalue weighted by atomic mass is 16.5. The summed E-state index contributed by atoms with van der Waals surface area (Å²) in [5.41, 5.74) is 1.54. The maximum atomic E-state index is 12.7. The van der Waals surface area contributed by atoms with Crippen LogP contribution in [-0.2, 0) is 4.74 Å². The van der Waals surface area contributed by atoms with E-state index in [1.54, 1.807) is 16.8 Å². The van der Waals surface area contributed by atoms with Crippen molar-refractivity contribution in [3.63, 3.8) is 0 Å². The fraction of sp³-hybridized carbons (Fsp3) is 0.600. The van der Waals surface area contributed by atoms with E-state index < -0.39 is 0 Å². The van der Waals surface area contributed by atoms with E-state index in [0.29, 0.717) is 19.1 Å². The first-order valence-corrected chi connectivity index (χ1v) is 10.1. The van der Waals surface area contributed by atoms with Gasteiger partial charge in [-0.15, -0.1) is 0 Å². The number of hydrogen-bond acceptors (Lipinski definition) is 4. The number of rotatable bonds is 3. The average Bonchev–Trinajstić information content (AvgIpc) is 3.07. The molecule has 0 unspecified atom stereocenters. The standard InChI is InChI=1S/C20H29N5O3/c1-22-7-12-25(20(22)27)18-4-2-3-16(15-18)21-19(26)24-10-8-23(9-11-24)17-5-13-28-14-6-17/h2-4,15,17H,5-14H2,1H3,(H,21,26). The molecule has 3 heterocycles. The SMILES string of the molecule is CN1CCN(c2cccc(NC(=O)N3CCN(C4CCOCC4)CC3)c2)C1=O. The van der Waals surface area contributed by atoms with Crippen LogP contribution in [0.2, 0.25) is 0 Å². The van der Waals surface area contributed by atoms with Gasteiger partial charge in [0.2, 0.25) is 0 Å². The monoisotopic (exact) mass is 387 g/mol. The summed E-state index contributed by atoms with van der Waals surface area (Å²) < 4.78 is 5.45. The number of amides is 4. The van der Waals surface area contributed by atoms with Crippen LogP contribution >= 0.6 is 0 Å². The van der Waals surface area contributed by atoms with Gasteiger partial charge >= 0.3 is 12.1 Å². The van der Waals surface area contributed by atoms with E-state index in [2.05, 4.69) is 10.2 Å². The Morgan fingerprint density at radius 3 is 2.50 bits per heavy atom. The predicted octanol–water partition coefficient (Wildman–Crippen LogP) is 1.89. The third kappa shape index (κ3) is 4.07. The summed E-state index contributed by atoms with van der Waals surface area (Å²) in [4.78, 5) is 32.7. The van der Waals surface area contributed by atoms with Crippen LogP contribution in [0, 0.1) is 0 Å². The van der Waals surface area contributed by atoms with Gasteiger partial charge < -0.3 is 19.9 Å². The first-order chi connectivity index (χ1) is 13.6. The Kier molecular flexibility index (Phi) is 5.68. The number of likely N-dealkylation sites (N-methyl/N-ethyl adjacent to an activating group) is 1. The minimum Gasteiger partial charge on any atom is -0.381 e. The van der Waals surface area contributed by atoms with E-state index >= 15 is 0 Å². The van der Waals surface area contributed by atoms with Gasteiger partial charge in [0.25, 0.3) is 0 Å². The van der Waals surface area contributed by atoms with Crippen LogP contribution in [-0.4, -0.2) is 92.3 Å². The van der Waals surface area contributed by atoms with Crippen LogP contribution in [0.3, 0.4) is 0 Å². The van der Waals surface area contributed by atoms with Gasteiger partial charge in [0, 0.05) is 76.9 Å². The lowest BCUT2D eigenvalue weighted by molar-refractivity contribution is 0.0194. The molecule has 4 rings (SSSR count). The number of anilines is 2. The molecule has 28 heavy (non-hydrogen) atoms. The van der Waals surface area contributed by atoms with Gasteiger partial charge in [-0.2, -0.15) is 0 Å². The molecule has 3 aliphatic rings. The molecular formula is C20H29N5O3. The number of carbonyl (C=O) groups is 2. The summed E-state index contributed by atoms with van der Waals surface area (Å²) >= 11 is 0. The van der Waals surface area contributed by atoms with Crippen LogP contribution in [0.5, 0.6) is 0 Å². The van der Waals surface area contributed by atoms with E-state index in [4.69, 9.17) is 4.74 Å². The molecule has 0 aromatic heterocycles. The number of ether oxygens (including phenoxy) is 1. The quantitative estimate of drug-likeness (QED) is 0.860. The Morgan fingerprint density at radius 1 is 1.07 bits per heavy atom. The molecule has 0 radical (unpaired) electrons. The van der Waals surface area contributed by atoms with Crippen LogP contribution in [0.15, 0.2) is 24.3 Å². The van der Waals surface area contributed by atoms with Gasteiger partial charge in [-0.25, -0.2) is 9.59 Å². The number of benzene rings is 1. The summed E-state index contributed by atoms with van der Waals surface area (Å²) in [5.74, 6) is 0. The second-order valence-corrected chi connectivity index (χ2v) is 7.70. The van der Waals surface area contributed by atoms with Crippen molar-refractivity contribution >= 4 is 23.4 Å². The molecule has 3 fully saturated rings. The third-order valence-corrected chi connectivity index (χ3v) is 5.93. The lowest BCUT2D eigenvalue weighted by Crippen LogP contribution is -2.53. The second-order valence-electron chi connectivity index (χ2n) is 7.70. The summed E-state index contributed by atoms with van der Waals surface area (Å²) in [5, 5.41) is 2.99. The van der Waals surface area contributed by atoms with Crippen LogP contribution < -0.4 is 10.2 Å². The number of nitrogens with zero attached hydrogens (tertiary/aromatic N) is 4. The normalized spacial score (nSPS) is 22.0. The zero-order valence-electron chi connectivity index (χ0n) is 16.5. The molecule has 4 amide bonds. The van der Waals surface area contributed by atoms with Gasteiger partial charge in [0.15, 0.2) is 0 Å². The summed E-state index contributed by atoms with van der Waals surface area (Å²) in [6.45, 7) is 6.36. The van der Waals surface area contributed by atoms with Crippen molar-refractivity contribution in [2.45, 2.75) is 18.9 Å². The molecule has 0 saturated carbocycles. The van der Waals surface area contributed by atoms with Crippen molar-refractivity contribution in [3.8, 4) is 0 Å². The highest BCUT2D eigenvalue weighted by Gasteiger charge is 2.28. The van der Waals surface area contributed by atoms with Crippen molar-refractivity contribution in [1.82, 2.24) is 14.7 Å². The van der Waals surface area contributed by atoms with Gasteiger partial charge in [0.05, 0.1) is 0 Å². The molecule has 1 aromatic carbocycles. The largest absolute Gasteiger partial charge is 0.381 e. The molecule has 3 aliphatic heterocycles. The Bertz CT molecular complexity index is 714. The van der Waals surface area contributed by atoms with Gasteiger partial charge in [-0.3, -0.25) is 9.80 Å². The number of hydrogen-bond donors (Lipinski definition) is 1. The minimum atomic E-state index is -0.0753. The van der Waals surface area contributed by atoms with E-state index in [-0.39, 0.29) is 12.1 Å². The Morgan fingerprint density at radius 2 is 1.82 bits per heavy atom. The van der Waals surface area contributed by atoms with Crippen molar-refractivity contribution in [3.05, 3.63) is 24.3 Å². The highest BCUT2D eigenvalue weighted by molar-refractivity contribution is 5.95. The third-order valence-electron chi connectivity index (χ3n) is 5.93. The first-order valence-electron chi connectivity index (χ1n) is 10.1. The molecule has 0 spiro atoms. The Hall–Kier alpha value is -2.32. The molecule has 1 aromatic rings. The van der Waals surface area contributed by atoms with Crippen molar-refractivity contribution in [2.75, 3.05) is 69.7 Å². The molecule has 152 valence electrons. The number of piperazine rings is 1. The van der Waals surface area contributed by atoms with Crippen LogP contribution in [0.25, 0.3) is 0 Å².